The third-order valence-electron chi connectivity index (χ3n) is 6.25. The first kappa shape index (κ1) is 27.4. The van der Waals surface area contributed by atoms with Crippen LogP contribution in [0.3, 0.4) is 0 Å². The summed E-state index contributed by atoms with van der Waals surface area (Å²) in [5.74, 6) is 0.163. The van der Waals surface area contributed by atoms with Crippen LogP contribution in [-0.2, 0) is 6.18 Å². The summed E-state index contributed by atoms with van der Waals surface area (Å²) < 4.78 is 73.4. The molecule has 5 rings (SSSR count). The zero-order chi connectivity index (χ0) is 28.6. The lowest BCUT2D eigenvalue weighted by Gasteiger charge is -2.16. The predicted octanol–water partition coefficient (Wildman–Crippen LogP) is 8.35. The van der Waals surface area contributed by atoms with Gasteiger partial charge in [-0.2, -0.15) is 27.1 Å². The number of aryl methyl sites for hydroxylation is 2. The van der Waals surface area contributed by atoms with Crippen LogP contribution >= 0.6 is 11.8 Å². The molecule has 0 saturated heterocycles. The van der Waals surface area contributed by atoms with Gasteiger partial charge in [-0.15, -0.1) is 11.8 Å². The lowest BCUT2D eigenvalue weighted by molar-refractivity contribution is -0.141. The molecular weight excluding hydrogens is 547 g/mol. The highest BCUT2D eigenvalue weighted by atomic mass is 32.2. The highest BCUT2D eigenvalue weighted by molar-refractivity contribution is 7.98. The van der Waals surface area contributed by atoms with Crippen molar-refractivity contribution >= 4 is 11.8 Å². The van der Waals surface area contributed by atoms with Crippen molar-refractivity contribution in [3.8, 4) is 39.5 Å². The van der Waals surface area contributed by atoms with Gasteiger partial charge in [0.15, 0.2) is 5.69 Å². The zero-order valence-electron chi connectivity index (χ0n) is 21.6. The maximum atomic E-state index is 13.5. The molecule has 2 heterocycles. The number of hydrogen-bond donors (Lipinski definition) is 0. The predicted molar refractivity (Wildman–Crippen MR) is 144 cm³/mol. The van der Waals surface area contributed by atoms with E-state index < -0.39 is 18.5 Å². The van der Waals surface area contributed by atoms with Crippen molar-refractivity contribution in [3.05, 3.63) is 96.2 Å². The Labute approximate surface area is 231 Å². The molecule has 0 radical (unpaired) electrons. The Kier molecular flexibility index (Phi) is 7.41. The van der Waals surface area contributed by atoms with E-state index in [0.717, 1.165) is 22.2 Å². The molecule has 0 atom stereocenters. The quantitative estimate of drug-likeness (QED) is 0.146. The van der Waals surface area contributed by atoms with Gasteiger partial charge in [0.1, 0.15) is 11.6 Å². The minimum atomic E-state index is -4.60. The molecule has 0 bridgehead atoms. The lowest BCUT2D eigenvalue weighted by Crippen LogP contribution is -2.05. The van der Waals surface area contributed by atoms with Crippen molar-refractivity contribution in [1.29, 1.82) is 0 Å². The highest BCUT2D eigenvalue weighted by Crippen LogP contribution is 2.37. The van der Waals surface area contributed by atoms with Gasteiger partial charge in [-0.05, 0) is 85.8 Å². The van der Waals surface area contributed by atoms with Crippen LogP contribution in [0.15, 0.2) is 83.9 Å². The molecule has 5 aromatic rings. The molecule has 40 heavy (non-hydrogen) atoms. The molecule has 0 spiro atoms. The highest BCUT2D eigenvalue weighted by Gasteiger charge is 2.34. The first-order valence-corrected chi connectivity index (χ1v) is 13.3. The zero-order valence-corrected chi connectivity index (χ0v) is 22.4. The first-order chi connectivity index (χ1) is 19.0. The third kappa shape index (κ3) is 5.60. The number of rotatable bonds is 7. The molecule has 0 amide bonds. The molecule has 0 fully saturated rings. The monoisotopic (exact) mass is 570 g/mol. The van der Waals surface area contributed by atoms with Crippen molar-refractivity contribution in [2.75, 3.05) is 6.26 Å². The van der Waals surface area contributed by atoms with Gasteiger partial charge in [-0.3, -0.25) is 0 Å². The molecule has 206 valence electrons. The minimum Gasteiger partial charge on any atom is -0.435 e. The maximum Gasteiger partial charge on any atom is 0.434 e. The van der Waals surface area contributed by atoms with E-state index in [-0.39, 0.29) is 11.6 Å². The Bertz CT molecular complexity index is 1660. The molecule has 0 aliphatic rings. The summed E-state index contributed by atoms with van der Waals surface area (Å²) >= 11 is 1.60. The van der Waals surface area contributed by atoms with Crippen molar-refractivity contribution in [1.82, 2.24) is 19.3 Å². The number of ether oxygens (including phenoxy) is 1. The first-order valence-electron chi connectivity index (χ1n) is 12.1. The summed E-state index contributed by atoms with van der Waals surface area (Å²) in [5, 5.41) is 4.60. The smallest absolute Gasteiger partial charge is 0.434 e. The van der Waals surface area contributed by atoms with Crippen LogP contribution in [-0.4, -0.2) is 32.2 Å². The molecule has 0 saturated carbocycles. The summed E-state index contributed by atoms with van der Waals surface area (Å²) in [6.07, 6.45) is -1.65. The standard InChI is InChI=1S/C29H23F5N4OS/c1-17-13-26(38(36-17)21-8-10-22(11-9-21)39-28(30)31)24-15-20(19-5-4-6-23(14-19)40-3)7-12-25(24)37-16-27(29(32,33)34)35-18(37)2/h4-16,28H,1-3H3. The summed E-state index contributed by atoms with van der Waals surface area (Å²) in [7, 11) is 0. The molecule has 5 nitrogen and oxygen atoms in total. The van der Waals surface area contributed by atoms with Crippen LogP contribution in [0.5, 0.6) is 5.75 Å². The van der Waals surface area contributed by atoms with E-state index in [1.807, 2.05) is 48.7 Å². The van der Waals surface area contributed by atoms with Crippen LogP contribution in [0, 0.1) is 13.8 Å². The fraction of sp³-hybridized carbons (Fsp3) is 0.172. The number of hydrogen-bond acceptors (Lipinski definition) is 4. The summed E-state index contributed by atoms with van der Waals surface area (Å²) in [4.78, 5) is 4.82. The van der Waals surface area contributed by atoms with Crippen LogP contribution in [0.4, 0.5) is 22.0 Å². The van der Waals surface area contributed by atoms with Gasteiger partial charge in [-0.1, -0.05) is 18.2 Å². The van der Waals surface area contributed by atoms with Gasteiger partial charge in [0, 0.05) is 16.7 Å². The number of aromatic nitrogens is 4. The second kappa shape index (κ2) is 10.8. The van der Waals surface area contributed by atoms with E-state index in [1.165, 1.54) is 23.6 Å². The Morgan fingerprint density at radius 1 is 0.900 bits per heavy atom. The van der Waals surface area contributed by atoms with E-state index in [1.54, 1.807) is 41.6 Å². The normalized spacial score (nSPS) is 11.8. The third-order valence-corrected chi connectivity index (χ3v) is 6.97. The van der Waals surface area contributed by atoms with E-state index in [0.29, 0.717) is 28.3 Å². The van der Waals surface area contributed by atoms with Crippen molar-refractivity contribution in [2.45, 2.75) is 31.5 Å². The van der Waals surface area contributed by atoms with E-state index in [2.05, 4.69) is 14.8 Å². The van der Waals surface area contributed by atoms with Crippen molar-refractivity contribution in [3.63, 3.8) is 0 Å². The van der Waals surface area contributed by atoms with Gasteiger partial charge < -0.3 is 9.30 Å². The Hall–Kier alpha value is -4.12. The molecular formula is C29H23F5N4OS. The van der Waals surface area contributed by atoms with Crippen LogP contribution in [0.25, 0.3) is 33.8 Å². The second-order valence-electron chi connectivity index (χ2n) is 8.96. The Morgan fingerprint density at radius 3 is 2.27 bits per heavy atom. The molecule has 0 unspecified atom stereocenters. The average molecular weight is 571 g/mol. The number of imidazole rings is 1. The summed E-state index contributed by atoms with van der Waals surface area (Å²) in [6.45, 7) is 0.353. The molecule has 0 aliphatic heterocycles. The van der Waals surface area contributed by atoms with Crippen LogP contribution in [0.2, 0.25) is 0 Å². The molecule has 11 heteroatoms. The fourth-order valence-corrected chi connectivity index (χ4v) is 4.90. The Balaban J connectivity index is 1.71. The van der Waals surface area contributed by atoms with E-state index in [9.17, 15) is 22.0 Å². The van der Waals surface area contributed by atoms with Gasteiger partial charge in [0.2, 0.25) is 0 Å². The van der Waals surface area contributed by atoms with E-state index in [4.69, 9.17) is 0 Å². The SMILES string of the molecule is CSc1cccc(-c2ccc(-n3cc(C(F)(F)F)nc3C)c(-c3cc(C)nn3-c3ccc(OC(F)F)cc3)c2)c1. The van der Waals surface area contributed by atoms with Gasteiger partial charge in [-0.25, -0.2) is 9.67 Å². The van der Waals surface area contributed by atoms with Gasteiger partial charge in [0.05, 0.1) is 22.8 Å². The summed E-state index contributed by atoms with van der Waals surface area (Å²) in [6, 6.07) is 21.3. The second-order valence-corrected chi connectivity index (χ2v) is 9.84. The lowest BCUT2D eigenvalue weighted by atomic mass is 9.99. The number of nitrogens with zero attached hydrogens (tertiary/aromatic N) is 4. The molecule has 0 N–H and O–H groups in total. The fourth-order valence-electron chi connectivity index (χ4n) is 4.44. The van der Waals surface area contributed by atoms with Gasteiger partial charge >= 0.3 is 12.8 Å². The maximum absolute atomic E-state index is 13.5. The van der Waals surface area contributed by atoms with Crippen molar-refractivity contribution < 1.29 is 26.7 Å². The van der Waals surface area contributed by atoms with Gasteiger partial charge in [0.25, 0.3) is 0 Å². The molecule has 3 aromatic carbocycles. The molecule has 0 aliphatic carbocycles. The van der Waals surface area contributed by atoms with Crippen LogP contribution < -0.4 is 4.74 Å². The number of alkyl halides is 5. The molecule has 2 aromatic heterocycles. The van der Waals surface area contributed by atoms with Crippen molar-refractivity contribution in [2.24, 2.45) is 0 Å². The number of thioether (sulfide) groups is 1. The topological polar surface area (TPSA) is 44.9 Å². The number of halogens is 5. The Morgan fingerprint density at radius 2 is 1.62 bits per heavy atom. The van der Waals surface area contributed by atoms with Crippen LogP contribution in [0.1, 0.15) is 17.2 Å². The number of benzene rings is 3. The minimum absolute atomic E-state index is 0.00531. The summed E-state index contributed by atoms with van der Waals surface area (Å²) in [5.41, 5.74) is 3.69. The average Bonchev–Trinajstić information content (AvgIpc) is 3.51. The largest absolute Gasteiger partial charge is 0.435 e. The van der Waals surface area contributed by atoms with E-state index >= 15 is 0 Å².